The third kappa shape index (κ3) is 4.28. The molecule has 0 radical (unpaired) electrons. The molecule has 0 spiro atoms. The van der Waals surface area contributed by atoms with E-state index in [2.05, 4.69) is 0 Å². The van der Waals surface area contributed by atoms with E-state index in [-0.39, 0.29) is 0 Å². The molecule has 3 aromatic carbocycles. The minimum Gasteiger partial charge on any atom is -0.309 e. The fraction of sp³-hybridized carbons (Fsp3) is 0.143. The molecule has 0 bridgehead atoms. The van der Waals surface area contributed by atoms with Gasteiger partial charge in [0.2, 0.25) is 0 Å². The second-order valence-electron chi connectivity index (χ2n) is 6.65. The van der Waals surface area contributed by atoms with E-state index >= 15 is 0 Å². The quantitative estimate of drug-likeness (QED) is 0.313. The van der Waals surface area contributed by atoms with Gasteiger partial charge in [0.05, 0.1) is 16.7 Å². The molecular formula is C21H12F9OP. The maximum absolute atomic E-state index is 14.3. The second-order valence-corrected chi connectivity index (χ2v) is 9.32. The van der Waals surface area contributed by atoms with Gasteiger partial charge in [-0.05, 0) is 18.2 Å². The highest BCUT2D eigenvalue weighted by molar-refractivity contribution is 7.85. The third-order valence-electron chi connectivity index (χ3n) is 4.65. The lowest BCUT2D eigenvalue weighted by Gasteiger charge is -2.28. The summed E-state index contributed by atoms with van der Waals surface area (Å²) < 4.78 is 138. The minimum absolute atomic E-state index is 0.467. The van der Waals surface area contributed by atoms with E-state index in [1.54, 1.807) is 0 Å². The summed E-state index contributed by atoms with van der Waals surface area (Å²) in [6.07, 6.45) is -15.6. The van der Waals surface area contributed by atoms with E-state index in [1.807, 2.05) is 0 Å². The smallest absolute Gasteiger partial charge is 0.309 e. The van der Waals surface area contributed by atoms with Gasteiger partial charge in [0, 0.05) is 15.9 Å². The zero-order chi connectivity index (χ0) is 23.9. The first kappa shape index (κ1) is 23.9. The van der Waals surface area contributed by atoms with E-state index in [0.717, 1.165) is 36.4 Å². The molecule has 32 heavy (non-hydrogen) atoms. The van der Waals surface area contributed by atoms with Crippen molar-refractivity contribution in [3.05, 3.63) is 89.5 Å². The van der Waals surface area contributed by atoms with E-state index < -0.39 is 58.3 Å². The Balaban J connectivity index is 2.56. The van der Waals surface area contributed by atoms with Crippen LogP contribution in [0.5, 0.6) is 0 Å². The van der Waals surface area contributed by atoms with Crippen LogP contribution in [0.1, 0.15) is 16.7 Å². The van der Waals surface area contributed by atoms with E-state index in [0.29, 0.717) is 36.4 Å². The largest absolute Gasteiger partial charge is 0.417 e. The van der Waals surface area contributed by atoms with Gasteiger partial charge in [0.1, 0.15) is 0 Å². The number of hydrogen-bond acceptors (Lipinski definition) is 1. The Morgan fingerprint density at radius 3 is 0.875 bits per heavy atom. The van der Waals surface area contributed by atoms with Crippen LogP contribution >= 0.6 is 7.14 Å². The topological polar surface area (TPSA) is 17.1 Å². The summed E-state index contributed by atoms with van der Waals surface area (Å²) in [6.45, 7) is 0. The summed E-state index contributed by atoms with van der Waals surface area (Å²) in [5.74, 6) is 0. The van der Waals surface area contributed by atoms with Gasteiger partial charge in [0.25, 0.3) is 0 Å². The summed E-state index contributed by atoms with van der Waals surface area (Å²) in [6, 6.07) is 8.97. The van der Waals surface area contributed by atoms with Crippen molar-refractivity contribution in [2.75, 3.05) is 0 Å². The molecule has 0 heterocycles. The molecule has 11 heteroatoms. The van der Waals surface area contributed by atoms with E-state index in [4.69, 9.17) is 0 Å². The van der Waals surface area contributed by atoms with Crippen LogP contribution in [-0.4, -0.2) is 0 Å². The van der Waals surface area contributed by atoms with Crippen molar-refractivity contribution in [3.63, 3.8) is 0 Å². The molecule has 0 aliphatic rings. The summed E-state index contributed by atoms with van der Waals surface area (Å²) >= 11 is 0. The Morgan fingerprint density at radius 1 is 0.438 bits per heavy atom. The predicted molar refractivity (Wildman–Crippen MR) is 101 cm³/mol. The van der Waals surface area contributed by atoms with Gasteiger partial charge in [-0.25, -0.2) is 0 Å². The molecule has 170 valence electrons. The molecule has 0 saturated carbocycles. The van der Waals surface area contributed by atoms with Crippen molar-refractivity contribution in [1.82, 2.24) is 0 Å². The van der Waals surface area contributed by atoms with Crippen LogP contribution < -0.4 is 15.9 Å². The van der Waals surface area contributed by atoms with Crippen LogP contribution in [0.2, 0.25) is 0 Å². The Kier molecular flexibility index (Phi) is 5.97. The van der Waals surface area contributed by atoms with E-state index in [1.165, 1.54) is 0 Å². The van der Waals surface area contributed by atoms with Gasteiger partial charge in [-0.2, -0.15) is 39.5 Å². The fourth-order valence-electron chi connectivity index (χ4n) is 3.35. The zero-order valence-corrected chi connectivity index (χ0v) is 16.6. The van der Waals surface area contributed by atoms with Gasteiger partial charge in [-0.15, -0.1) is 0 Å². The van der Waals surface area contributed by atoms with Crippen molar-refractivity contribution >= 4 is 23.1 Å². The molecule has 0 amide bonds. The first-order chi connectivity index (χ1) is 14.7. The highest BCUT2D eigenvalue weighted by Crippen LogP contribution is 2.51. The summed E-state index contributed by atoms with van der Waals surface area (Å²) in [7, 11) is -5.34. The number of alkyl halides is 9. The molecule has 3 aromatic rings. The molecule has 0 saturated heterocycles. The lowest BCUT2D eigenvalue weighted by molar-refractivity contribution is -0.137. The van der Waals surface area contributed by atoms with Gasteiger partial charge < -0.3 is 4.57 Å². The zero-order valence-electron chi connectivity index (χ0n) is 15.7. The third-order valence-corrected chi connectivity index (χ3v) is 7.85. The Bertz CT molecular complexity index is 1030. The average molecular weight is 482 g/mol. The maximum Gasteiger partial charge on any atom is 0.417 e. The summed E-state index contributed by atoms with van der Waals surface area (Å²) in [5, 5.41) is -3.50. The first-order valence-corrected chi connectivity index (χ1v) is 10.5. The summed E-state index contributed by atoms with van der Waals surface area (Å²) in [5.41, 5.74) is -4.76. The van der Waals surface area contributed by atoms with Crippen molar-refractivity contribution in [2.45, 2.75) is 18.5 Å². The van der Waals surface area contributed by atoms with Crippen molar-refractivity contribution in [3.8, 4) is 0 Å². The average Bonchev–Trinajstić information content (AvgIpc) is 2.71. The summed E-state index contributed by atoms with van der Waals surface area (Å²) in [4.78, 5) is 0. The van der Waals surface area contributed by atoms with Gasteiger partial charge in [0.15, 0.2) is 7.14 Å². The van der Waals surface area contributed by atoms with Gasteiger partial charge in [-0.3, -0.25) is 0 Å². The second kappa shape index (κ2) is 7.99. The molecule has 0 unspecified atom stereocenters. The first-order valence-electron chi connectivity index (χ1n) is 8.79. The number of benzene rings is 3. The van der Waals surface area contributed by atoms with Crippen LogP contribution in [0.15, 0.2) is 72.8 Å². The van der Waals surface area contributed by atoms with Crippen molar-refractivity contribution < 1.29 is 44.1 Å². The molecule has 3 rings (SSSR count). The monoisotopic (exact) mass is 482 g/mol. The molecule has 0 fully saturated rings. The van der Waals surface area contributed by atoms with Crippen LogP contribution in [0.25, 0.3) is 0 Å². The molecule has 1 nitrogen and oxygen atoms in total. The van der Waals surface area contributed by atoms with E-state index in [9.17, 15) is 44.1 Å². The van der Waals surface area contributed by atoms with Crippen LogP contribution in [-0.2, 0) is 23.1 Å². The van der Waals surface area contributed by atoms with Crippen LogP contribution in [0, 0.1) is 0 Å². The lowest BCUT2D eigenvalue weighted by Crippen LogP contribution is -2.36. The number of halogens is 9. The Labute approximate surface area is 175 Å². The van der Waals surface area contributed by atoms with Gasteiger partial charge >= 0.3 is 18.5 Å². The maximum atomic E-state index is 14.3. The molecule has 0 N–H and O–H groups in total. The normalized spacial score (nSPS) is 13.3. The molecule has 0 aliphatic heterocycles. The lowest BCUT2D eigenvalue weighted by atomic mass is 10.2. The Morgan fingerprint density at radius 2 is 0.656 bits per heavy atom. The molecular weight excluding hydrogens is 470 g/mol. The molecule has 0 aliphatic carbocycles. The number of hydrogen-bond donors (Lipinski definition) is 0. The Hall–Kier alpha value is -2.74. The number of rotatable bonds is 3. The minimum atomic E-state index is -5.34. The highest BCUT2D eigenvalue weighted by Gasteiger charge is 2.48. The highest BCUT2D eigenvalue weighted by atomic mass is 31.2. The molecule has 0 aromatic heterocycles. The predicted octanol–water partition coefficient (Wildman–Crippen LogP) is 6.38. The van der Waals surface area contributed by atoms with Gasteiger partial charge in [-0.1, -0.05) is 54.6 Å². The molecule has 0 atom stereocenters. The van der Waals surface area contributed by atoms with Crippen molar-refractivity contribution in [2.24, 2.45) is 0 Å². The standard InChI is InChI=1S/C21H12F9OP/c22-19(23,24)13-7-1-4-10-16(13)32(31,17-11-5-2-8-14(17)20(25,26)27)18-12-6-3-9-15(18)21(28,29)30/h1-12H. The van der Waals surface area contributed by atoms with Crippen LogP contribution in [0.4, 0.5) is 39.5 Å². The fourth-order valence-corrected chi connectivity index (χ4v) is 6.64. The van der Waals surface area contributed by atoms with Crippen LogP contribution in [0.3, 0.4) is 0 Å². The SMILES string of the molecule is O=P(c1ccccc1C(F)(F)F)(c1ccccc1C(F)(F)F)c1ccccc1C(F)(F)F. The van der Waals surface area contributed by atoms with Crippen molar-refractivity contribution in [1.29, 1.82) is 0 Å².